The molecule has 2 atom stereocenters. The van der Waals surface area contributed by atoms with Crippen LogP contribution in [-0.4, -0.2) is 34.5 Å². The zero-order chi connectivity index (χ0) is 15.3. The van der Waals surface area contributed by atoms with E-state index in [-0.39, 0.29) is 22.5 Å². The first-order chi connectivity index (χ1) is 10.1. The van der Waals surface area contributed by atoms with Gasteiger partial charge in [0.25, 0.3) is 0 Å². The number of amides is 1. The summed E-state index contributed by atoms with van der Waals surface area (Å²) in [6.45, 7) is 0.737. The minimum atomic E-state index is -0.750. The van der Waals surface area contributed by atoms with Crippen molar-refractivity contribution in [3.8, 4) is 0 Å². The average molecular weight is 313 g/mol. The number of hydrogen-bond acceptors (Lipinski definition) is 3. The fourth-order valence-corrected chi connectivity index (χ4v) is 4.61. The lowest BCUT2D eigenvalue weighted by molar-refractivity contribution is -0.144. The number of thioether (sulfide) groups is 1. The molecule has 4 nitrogen and oxygen atoms in total. The zero-order valence-corrected chi connectivity index (χ0v) is 13.7. The van der Waals surface area contributed by atoms with Crippen LogP contribution in [0.25, 0.3) is 0 Å². The Morgan fingerprint density at radius 3 is 2.43 bits per heavy atom. The molecule has 0 bridgehead atoms. The smallest absolute Gasteiger partial charge is 0.306 e. The van der Waals surface area contributed by atoms with Crippen molar-refractivity contribution in [2.24, 2.45) is 11.8 Å². The number of aliphatic carboxylic acids is 1. The predicted molar refractivity (Wildman–Crippen MR) is 85.4 cm³/mol. The Balaban J connectivity index is 1.84. The number of rotatable bonds is 5. The maximum atomic E-state index is 12.4. The van der Waals surface area contributed by atoms with Gasteiger partial charge in [-0.2, -0.15) is 11.8 Å². The lowest BCUT2D eigenvalue weighted by Gasteiger charge is -2.36. The van der Waals surface area contributed by atoms with Gasteiger partial charge in [0.15, 0.2) is 0 Å². The molecule has 0 spiro atoms. The van der Waals surface area contributed by atoms with Crippen LogP contribution in [0, 0.1) is 11.8 Å². The molecule has 1 amide bonds. The number of carbonyl (C=O) groups excluding carboxylic acids is 1. The SMILES string of the molecule is CSC1(CNC(=O)C2CCCC(C(=O)O)C2)CCCCC1. The summed E-state index contributed by atoms with van der Waals surface area (Å²) in [6.07, 6.45) is 11.2. The van der Waals surface area contributed by atoms with Gasteiger partial charge in [0, 0.05) is 17.2 Å². The van der Waals surface area contributed by atoms with Crippen LogP contribution in [0.3, 0.4) is 0 Å². The lowest BCUT2D eigenvalue weighted by Crippen LogP contribution is -2.44. The molecule has 2 aliphatic carbocycles. The monoisotopic (exact) mass is 313 g/mol. The van der Waals surface area contributed by atoms with Gasteiger partial charge >= 0.3 is 5.97 Å². The summed E-state index contributed by atoms with van der Waals surface area (Å²) in [5, 5.41) is 12.2. The second-order valence-corrected chi connectivity index (χ2v) is 7.84. The maximum Gasteiger partial charge on any atom is 0.306 e. The highest BCUT2D eigenvalue weighted by molar-refractivity contribution is 8.00. The van der Waals surface area contributed by atoms with Crippen LogP contribution in [0.5, 0.6) is 0 Å². The number of nitrogens with one attached hydrogen (secondary N) is 1. The fourth-order valence-electron chi connectivity index (χ4n) is 3.69. The normalized spacial score (nSPS) is 28.8. The molecule has 0 aromatic rings. The van der Waals surface area contributed by atoms with Crippen molar-refractivity contribution in [1.82, 2.24) is 5.32 Å². The Morgan fingerprint density at radius 1 is 1.14 bits per heavy atom. The van der Waals surface area contributed by atoms with Crippen LogP contribution in [0.15, 0.2) is 0 Å². The van der Waals surface area contributed by atoms with E-state index in [0.717, 1.165) is 19.4 Å². The Hall–Kier alpha value is -0.710. The molecular weight excluding hydrogens is 286 g/mol. The van der Waals surface area contributed by atoms with Gasteiger partial charge in [-0.3, -0.25) is 9.59 Å². The second-order valence-electron chi connectivity index (χ2n) is 6.56. The average Bonchev–Trinajstić information content (AvgIpc) is 2.53. The van der Waals surface area contributed by atoms with E-state index in [1.54, 1.807) is 0 Å². The fraction of sp³-hybridized carbons (Fsp3) is 0.875. The van der Waals surface area contributed by atoms with E-state index in [0.29, 0.717) is 12.8 Å². The minimum absolute atomic E-state index is 0.0694. The Morgan fingerprint density at radius 2 is 1.81 bits per heavy atom. The Kier molecular flexibility index (Phi) is 5.97. The summed E-state index contributed by atoms with van der Waals surface area (Å²) < 4.78 is 0.203. The van der Waals surface area contributed by atoms with Gasteiger partial charge in [0.2, 0.25) is 5.91 Å². The quantitative estimate of drug-likeness (QED) is 0.818. The van der Waals surface area contributed by atoms with Crippen molar-refractivity contribution >= 4 is 23.6 Å². The van der Waals surface area contributed by atoms with Crippen molar-refractivity contribution in [3.63, 3.8) is 0 Å². The van der Waals surface area contributed by atoms with Crippen LogP contribution in [0.1, 0.15) is 57.8 Å². The largest absolute Gasteiger partial charge is 0.481 e. The highest BCUT2D eigenvalue weighted by Crippen LogP contribution is 2.38. The van der Waals surface area contributed by atoms with Gasteiger partial charge in [0.1, 0.15) is 0 Å². The molecule has 0 aromatic heterocycles. The van der Waals surface area contributed by atoms with E-state index in [1.165, 1.54) is 32.1 Å². The summed E-state index contributed by atoms with van der Waals surface area (Å²) in [6, 6.07) is 0. The van der Waals surface area contributed by atoms with Gasteiger partial charge in [-0.05, 0) is 38.4 Å². The van der Waals surface area contributed by atoms with E-state index >= 15 is 0 Å². The molecule has 5 heteroatoms. The molecule has 2 rings (SSSR count). The van der Waals surface area contributed by atoms with Gasteiger partial charge < -0.3 is 10.4 Å². The third kappa shape index (κ3) is 4.38. The summed E-state index contributed by atoms with van der Waals surface area (Å²) in [5.41, 5.74) is 0. The Labute approximate surface area is 131 Å². The molecule has 0 aliphatic heterocycles. The molecule has 2 fully saturated rings. The summed E-state index contributed by atoms with van der Waals surface area (Å²) in [7, 11) is 0. The van der Waals surface area contributed by atoms with Crippen LogP contribution in [0.2, 0.25) is 0 Å². The van der Waals surface area contributed by atoms with Gasteiger partial charge in [0.05, 0.1) is 5.92 Å². The number of hydrogen-bond donors (Lipinski definition) is 2. The van der Waals surface area contributed by atoms with Crippen molar-refractivity contribution in [1.29, 1.82) is 0 Å². The standard InChI is InChI=1S/C16H27NO3S/c1-21-16(8-3-2-4-9-16)11-17-14(18)12-6-5-7-13(10-12)15(19)20/h12-13H,2-11H2,1H3,(H,17,18)(H,19,20). The molecule has 21 heavy (non-hydrogen) atoms. The molecule has 2 N–H and O–H groups in total. The van der Waals surface area contributed by atoms with Crippen molar-refractivity contribution in [2.75, 3.05) is 12.8 Å². The molecule has 2 aliphatic rings. The van der Waals surface area contributed by atoms with Gasteiger partial charge in [-0.15, -0.1) is 0 Å². The van der Waals surface area contributed by atoms with E-state index in [1.807, 2.05) is 11.8 Å². The van der Waals surface area contributed by atoms with Crippen molar-refractivity contribution < 1.29 is 14.7 Å². The first-order valence-electron chi connectivity index (χ1n) is 8.12. The lowest BCUT2D eigenvalue weighted by atomic mass is 9.81. The summed E-state index contributed by atoms with van der Waals surface area (Å²) >= 11 is 1.88. The first kappa shape index (κ1) is 16.7. The number of carboxylic acids is 1. The minimum Gasteiger partial charge on any atom is -0.481 e. The van der Waals surface area contributed by atoms with E-state index < -0.39 is 5.97 Å². The first-order valence-corrected chi connectivity index (χ1v) is 9.34. The van der Waals surface area contributed by atoms with Gasteiger partial charge in [-0.1, -0.05) is 25.7 Å². The second kappa shape index (κ2) is 7.52. The molecule has 2 saturated carbocycles. The van der Waals surface area contributed by atoms with E-state index in [2.05, 4.69) is 11.6 Å². The topological polar surface area (TPSA) is 66.4 Å². The molecule has 0 radical (unpaired) electrons. The van der Waals surface area contributed by atoms with Crippen LogP contribution in [-0.2, 0) is 9.59 Å². The summed E-state index contributed by atoms with van der Waals surface area (Å²) in [4.78, 5) is 23.4. The van der Waals surface area contributed by atoms with Crippen LogP contribution < -0.4 is 5.32 Å². The maximum absolute atomic E-state index is 12.4. The number of carboxylic acid groups (broad SMARTS) is 1. The third-order valence-corrected chi connectivity index (χ3v) is 6.60. The van der Waals surface area contributed by atoms with E-state index in [9.17, 15) is 9.59 Å². The van der Waals surface area contributed by atoms with E-state index in [4.69, 9.17) is 5.11 Å². The Bertz CT molecular complexity index is 380. The van der Waals surface area contributed by atoms with Crippen LogP contribution in [0.4, 0.5) is 0 Å². The molecule has 0 aromatic carbocycles. The van der Waals surface area contributed by atoms with Crippen LogP contribution >= 0.6 is 11.8 Å². The molecule has 120 valence electrons. The van der Waals surface area contributed by atoms with Crippen molar-refractivity contribution in [3.05, 3.63) is 0 Å². The molecule has 0 saturated heterocycles. The zero-order valence-electron chi connectivity index (χ0n) is 12.9. The molecule has 0 heterocycles. The molecule has 2 unspecified atom stereocenters. The third-order valence-electron chi connectivity index (χ3n) is 5.18. The van der Waals surface area contributed by atoms with Gasteiger partial charge in [-0.25, -0.2) is 0 Å². The highest BCUT2D eigenvalue weighted by Gasteiger charge is 2.34. The number of carbonyl (C=O) groups is 2. The highest BCUT2D eigenvalue weighted by atomic mass is 32.2. The predicted octanol–water partition coefficient (Wildman–Crippen LogP) is 3.06. The molecular formula is C16H27NO3S. The van der Waals surface area contributed by atoms with Crippen molar-refractivity contribution in [2.45, 2.75) is 62.5 Å². The summed E-state index contributed by atoms with van der Waals surface area (Å²) in [5.74, 6) is -1.12.